The lowest BCUT2D eigenvalue weighted by Crippen LogP contribution is -2.17. The minimum Gasteiger partial charge on any atom is -0.472 e. The van der Waals surface area contributed by atoms with Gasteiger partial charge in [0.2, 0.25) is 5.65 Å². The standard InChI is InChI=1S/C14H20N4O2/c1-2-5-15-12-9-18-7-6-16-13(18)14(17-12)20-10-11-4-3-8-19-11/h6-7,9,11,15H,2-5,8,10H2,1H3. The van der Waals surface area contributed by atoms with Crippen LogP contribution in [0.3, 0.4) is 0 Å². The average molecular weight is 276 g/mol. The Bertz CT molecular complexity index is 563. The number of nitrogens with one attached hydrogen (secondary N) is 1. The first kappa shape index (κ1) is 13.2. The summed E-state index contributed by atoms with van der Waals surface area (Å²) in [5.74, 6) is 1.37. The summed E-state index contributed by atoms with van der Waals surface area (Å²) in [6.07, 6.45) is 8.97. The van der Waals surface area contributed by atoms with Gasteiger partial charge in [0.25, 0.3) is 5.88 Å². The highest BCUT2D eigenvalue weighted by Crippen LogP contribution is 2.20. The zero-order chi connectivity index (χ0) is 13.8. The van der Waals surface area contributed by atoms with E-state index in [1.165, 1.54) is 0 Å². The zero-order valence-electron chi connectivity index (χ0n) is 11.7. The van der Waals surface area contributed by atoms with Gasteiger partial charge in [-0.3, -0.25) is 4.40 Å². The fourth-order valence-corrected chi connectivity index (χ4v) is 2.29. The molecule has 1 aliphatic rings. The molecule has 0 bridgehead atoms. The summed E-state index contributed by atoms with van der Waals surface area (Å²) in [4.78, 5) is 8.79. The van der Waals surface area contributed by atoms with Crippen molar-refractivity contribution in [1.29, 1.82) is 0 Å². The molecular weight excluding hydrogens is 256 g/mol. The van der Waals surface area contributed by atoms with Crippen LogP contribution in [0.25, 0.3) is 5.65 Å². The molecule has 0 aromatic carbocycles. The lowest BCUT2D eigenvalue weighted by Gasteiger charge is -2.13. The second kappa shape index (κ2) is 6.09. The van der Waals surface area contributed by atoms with Crippen LogP contribution in [0.4, 0.5) is 5.82 Å². The van der Waals surface area contributed by atoms with E-state index in [-0.39, 0.29) is 6.10 Å². The Labute approximate surface area is 118 Å². The third-order valence-corrected chi connectivity index (χ3v) is 3.33. The van der Waals surface area contributed by atoms with Gasteiger partial charge in [-0.05, 0) is 19.3 Å². The van der Waals surface area contributed by atoms with E-state index in [1.807, 2.05) is 16.8 Å². The Balaban J connectivity index is 1.77. The number of nitrogens with zero attached hydrogens (tertiary/aromatic N) is 3. The Morgan fingerprint density at radius 1 is 1.55 bits per heavy atom. The number of hydrogen-bond acceptors (Lipinski definition) is 5. The number of fused-ring (bicyclic) bond motifs is 1. The van der Waals surface area contributed by atoms with Crippen LogP contribution in [0, 0.1) is 0 Å². The zero-order valence-corrected chi connectivity index (χ0v) is 11.7. The summed E-state index contributed by atoms with van der Waals surface area (Å²) < 4.78 is 13.3. The number of ether oxygens (including phenoxy) is 2. The third kappa shape index (κ3) is 2.85. The van der Waals surface area contributed by atoms with Crippen LogP contribution >= 0.6 is 0 Å². The Morgan fingerprint density at radius 3 is 3.30 bits per heavy atom. The van der Waals surface area contributed by atoms with E-state index in [4.69, 9.17) is 9.47 Å². The molecule has 6 heteroatoms. The van der Waals surface area contributed by atoms with E-state index < -0.39 is 0 Å². The van der Waals surface area contributed by atoms with Gasteiger partial charge < -0.3 is 14.8 Å². The predicted molar refractivity (Wildman–Crippen MR) is 76.2 cm³/mol. The minimum absolute atomic E-state index is 0.180. The highest BCUT2D eigenvalue weighted by atomic mass is 16.5. The van der Waals surface area contributed by atoms with E-state index in [0.717, 1.165) is 43.9 Å². The van der Waals surface area contributed by atoms with Crippen molar-refractivity contribution in [2.24, 2.45) is 0 Å². The molecule has 2 aromatic rings. The van der Waals surface area contributed by atoms with Crippen molar-refractivity contribution >= 4 is 11.5 Å². The summed E-state index contributed by atoms with van der Waals surface area (Å²) in [7, 11) is 0. The molecule has 1 aliphatic heterocycles. The number of rotatable bonds is 6. The largest absolute Gasteiger partial charge is 0.472 e. The monoisotopic (exact) mass is 276 g/mol. The first-order valence-electron chi connectivity index (χ1n) is 7.19. The molecule has 3 heterocycles. The van der Waals surface area contributed by atoms with Gasteiger partial charge in [0, 0.05) is 25.5 Å². The Hall–Kier alpha value is -1.82. The van der Waals surface area contributed by atoms with Crippen molar-refractivity contribution in [2.75, 3.05) is 25.1 Å². The highest BCUT2D eigenvalue weighted by molar-refractivity contribution is 5.53. The lowest BCUT2D eigenvalue weighted by molar-refractivity contribution is 0.0667. The molecule has 1 unspecified atom stereocenters. The minimum atomic E-state index is 0.180. The molecule has 1 N–H and O–H groups in total. The van der Waals surface area contributed by atoms with Crippen LogP contribution in [0.15, 0.2) is 18.6 Å². The summed E-state index contributed by atoms with van der Waals surface area (Å²) in [6, 6.07) is 0. The summed E-state index contributed by atoms with van der Waals surface area (Å²) in [5.41, 5.74) is 0.741. The molecule has 108 valence electrons. The SMILES string of the molecule is CCCNc1cn2ccnc2c(OCC2CCCO2)n1. The number of hydrogen-bond donors (Lipinski definition) is 1. The molecule has 0 spiro atoms. The summed E-state index contributed by atoms with van der Waals surface area (Å²) >= 11 is 0. The van der Waals surface area contributed by atoms with Crippen molar-refractivity contribution in [1.82, 2.24) is 14.4 Å². The second-order valence-corrected chi connectivity index (χ2v) is 4.96. The van der Waals surface area contributed by atoms with Crippen LogP contribution in [-0.4, -0.2) is 40.2 Å². The van der Waals surface area contributed by atoms with E-state index in [0.29, 0.717) is 12.5 Å². The first-order chi connectivity index (χ1) is 9.86. The molecule has 1 saturated heterocycles. The Kier molecular flexibility index (Phi) is 4.01. The first-order valence-corrected chi connectivity index (χ1v) is 7.19. The van der Waals surface area contributed by atoms with E-state index in [1.54, 1.807) is 6.20 Å². The molecule has 2 aromatic heterocycles. The molecule has 20 heavy (non-hydrogen) atoms. The van der Waals surface area contributed by atoms with Gasteiger partial charge in [0.05, 0.1) is 12.3 Å². The maximum Gasteiger partial charge on any atom is 0.260 e. The van der Waals surface area contributed by atoms with Gasteiger partial charge in [-0.15, -0.1) is 0 Å². The molecule has 0 radical (unpaired) electrons. The smallest absolute Gasteiger partial charge is 0.260 e. The molecular formula is C14H20N4O2. The molecule has 1 fully saturated rings. The van der Waals surface area contributed by atoms with Crippen molar-refractivity contribution in [3.8, 4) is 5.88 Å². The van der Waals surface area contributed by atoms with Crippen LogP contribution in [0.1, 0.15) is 26.2 Å². The predicted octanol–water partition coefficient (Wildman–Crippen LogP) is 2.11. The Morgan fingerprint density at radius 2 is 2.50 bits per heavy atom. The van der Waals surface area contributed by atoms with E-state index >= 15 is 0 Å². The van der Waals surface area contributed by atoms with E-state index in [9.17, 15) is 0 Å². The van der Waals surface area contributed by atoms with Crippen molar-refractivity contribution in [3.05, 3.63) is 18.6 Å². The molecule has 1 atom stereocenters. The van der Waals surface area contributed by atoms with Gasteiger partial charge >= 0.3 is 0 Å². The van der Waals surface area contributed by atoms with Crippen molar-refractivity contribution in [3.63, 3.8) is 0 Å². The topological polar surface area (TPSA) is 60.7 Å². The fourth-order valence-electron chi connectivity index (χ4n) is 2.29. The van der Waals surface area contributed by atoms with Crippen molar-refractivity contribution in [2.45, 2.75) is 32.3 Å². The van der Waals surface area contributed by atoms with Crippen molar-refractivity contribution < 1.29 is 9.47 Å². The molecule has 0 saturated carbocycles. The maximum atomic E-state index is 5.82. The second-order valence-electron chi connectivity index (χ2n) is 4.96. The normalized spacial score (nSPS) is 18.6. The molecule has 6 nitrogen and oxygen atoms in total. The number of anilines is 1. The fraction of sp³-hybridized carbons (Fsp3) is 0.571. The van der Waals surface area contributed by atoms with Crippen LogP contribution in [0.5, 0.6) is 5.88 Å². The molecule has 3 rings (SSSR count). The number of aromatic nitrogens is 3. The summed E-state index contributed by atoms with van der Waals surface area (Å²) in [5, 5.41) is 3.27. The maximum absolute atomic E-state index is 5.82. The lowest BCUT2D eigenvalue weighted by atomic mass is 10.2. The van der Waals surface area contributed by atoms with Gasteiger partial charge in [-0.1, -0.05) is 6.92 Å². The number of imidazole rings is 1. The third-order valence-electron chi connectivity index (χ3n) is 3.33. The highest BCUT2D eigenvalue weighted by Gasteiger charge is 2.17. The summed E-state index contributed by atoms with van der Waals surface area (Å²) in [6.45, 7) is 4.38. The van der Waals surface area contributed by atoms with Gasteiger partial charge in [-0.2, -0.15) is 4.98 Å². The average Bonchev–Trinajstić information content (AvgIpc) is 3.13. The van der Waals surface area contributed by atoms with Crippen LogP contribution in [-0.2, 0) is 4.74 Å². The van der Waals surface area contributed by atoms with Crippen LogP contribution < -0.4 is 10.1 Å². The quantitative estimate of drug-likeness (QED) is 0.875. The van der Waals surface area contributed by atoms with Gasteiger partial charge in [0.1, 0.15) is 12.4 Å². The molecule has 0 amide bonds. The van der Waals surface area contributed by atoms with E-state index in [2.05, 4.69) is 22.2 Å². The van der Waals surface area contributed by atoms with Gasteiger partial charge in [-0.25, -0.2) is 4.98 Å². The van der Waals surface area contributed by atoms with Gasteiger partial charge in [0.15, 0.2) is 0 Å². The molecule has 0 aliphatic carbocycles. The van der Waals surface area contributed by atoms with Crippen LogP contribution in [0.2, 0.25) is 0 Å².